The van der Waals surface area contributed by atoms with Crippen LogP contribution in [0.5, 0.6) is 0 Å². The SMILES string of the molecule is Cc1ccc2c(CCN3CCC3)c(-c3cc(C)c4[nH]c(-c5ccc6c(CCN7CCC7)c(C)[nH]c6c5)c(CCN5CCC5)c4c3)[nH]c2c1. The van der Waals surface area contributed by atoms with Crippen LogP contribution in [0.25, 0.3) is 55.2 Å². The van der Waals surface area contributed by atoms with Crippen LogP contribution < -0.4 is 0 Å². The molecular weight excluding hydrogens is 589 g/mol. The lowest BCUT2D eigenvalue weighted by atomic mass is 9.95. The van der Waals surface area contributed by atoms with Crippen LogP contribution in [-0.4, -0.2) is 88.6 Å². The molecule has 6 nitrogen and oxygen atoms in total. The molecule has 3 aliphatic heterocycles. The molecule has 6 heterocycles. The summed E-state index contributed by atoms with van der Waals surface area (Å²) in [5, 5.41) is 4.13. The first-order valence-electron chi connectivity index (χ1n) is 18.5. The number of rotatable bonds is 11. The number of nitrogens with zero attached hydrogens (tertiary/aromatic N) is 3. The van der Waals surface area contributed by atoms with Crippen molar-refractivity contribution in [3.63, 3.8) is 0 Å². The molecule has 0 aliphatic carbocycles. The van der Waals surface area contributed by atoms with Gasteiger partial charge in [0.1, 0.15) is 0 Å². The van der Waals surface area contributed by atoms with Gasteiger partial charge in [0.2, 0.25) is 0 Å². The van der Waals surface area contributed by atoms with Gasteiger partial charge in [-0.3, -0.25) is 0 Å². The Morgan fingerprint density at radius 2 is 1.08 bits per heavy atom. The summed E-state index contributed by atoms with van der Waals surface area (Å²) in [6.07, 6.45) is 7.26. The van der Waals surface area contributed by atoms with Gasteiger partial charge in [0.05, 0.1) is 0 Å². The molecule has 0 radical (unpaired) electrons. The number of fused-ring (bicyclic) bond motifs is 3. The highest BCUT2D eigenvalue weighted by atomic mass is 15.2. The van der Waals surface area contributed by atoms with E-state index in [0.29, 0.717) is 0 Å². The quantitative estimate of drug-likeness (QED) is 0.134. The van der Waals surface area contributed by atoms with Gasteiger partial charge in [0, 0.05) is 75.0 Å². The topological polar surface area (TPSA) is 57.1 Å². The van der Waals surface area contributed by atoms with E-state index >= 15 is 0 Å². The number of hydrogen-bond donors (Lipinski definition) is 3. The van der Waals surface area contributed by atoms with Crippen LogP contribution in [0, 0.1) is 20.8 Å². The Morgan fingerprint density at radius 1 is 0.521 bits per heavy atom. The third-order valence-electron chi connectivity index (χ3n) is 11.9. The van der Waals surface area contributed by atoms with E-state index in [1.807, 2.05) is 0 Å². The van der Waals surface area contributed by atoms with Crippen molar-refractivity contribution in [2.45, 2.75) is 59.3 Å². The maximum Gasteiger partial charge on any atom is 0.0498 e. The highest BCUT2D eigenvalue weighted by Crippen LogP contribution is 2.39. The van der Waals surface area contributed by atoms with Crippen LogP contribution in [0.3, 0.4) is 0 Å². The maximum absolute atomic E-state index is 3.98. The van der Waals surface area contributed by atoms with Gasteiger partial charge in [-0.05, 0) is 156 Å². The Hall–Kier alpha value is -3.84. The van der Waals surface area contributed by atoms with Crippen molar-refractivity contribution in [1.29, 1.82) is 0 Å². The van der Waals surface area contributed by atoms with Gasteiger partial charge in [-0.25, -0.2) is 0 Å². The van der Waals surface area contributed by atoms with E-state index in [0.717, 1.165) is 38.9 Å². The molecular formula is C42H50N6. The van der Waals surface area contributed by atoms with Gasteiger partial charge in [-0.15, -0.1) is 0 Å². The Morgan fingerprint density at radius 3 is 1.73 bits per heavy atom. The van der Waals surface area contributed by atoms with Crippen molar-refractivity contribution in [1.82, 2.24) is 29.7 Å². The van der Waals surface area contributed by atoms with Crippen LogP contribution in [0.1, 0.15) is 52.8 Å². The van der Waals surface area contributed by atoms with Crippen molar-refractivity contribution in [2.24, 2.45) is 0 Å². The summed E-state index contributed by atoms with van der Waals surface area (Å²) < 4.78 is 0. The lowest BCUT2D eigenvalue weighted by Gasteiger charge is -2.30. The van der Waals surface area contributed by atoms with E-state index in [1.54, 1.807) is 0 Å². The second kappa shape index (κ2) is 12.2. The molecule has 0 amide bonds. The van der Waals surface area contributed by atoms with Crippen molar-refractivity contribution in [2.75, 3.05) is 58.9 Å². The number of aromatic amines is 3. The van der Waals surface area contributed by atoms with Gasteiger partial charge in [-0.1, -0.05) is 24.3 Å². The predicted octanol–water partition coefficient (Wildman–Crippen LogP) is 8.13. The number of benzene rings is 3. The summed E-state index contributed by atoms with van der Waals surface area (Å²) in [6, 6.07) is 19.0. The molecule has 0 spiro atoms. The third kappa shape index (κ3) is 5.39. The van der Waals surface area contributed by atoms with Gasteiger partial charge in [0.15, 0.2) is 0 Å². The Balaban J connectivity index is 1.14. The first-order valence-corrected chi connectivity index (χ1v) is 18.5. The average Bonchev–Trinajstić information content (AvgIpc) is 3.65. The average molecular weight is 639 g/mol. The Labute approximate surface area is 284 Å². The Kier molecular flexibility index (Phi) is 7.71. The van der Waals surface area contributed by atoms with Gasteiger partial charge < -0.3 is 29.7 Å². The molecule has 6 heteroatoms. The standard InChI is InChI=1S/C42H50N6/c1-27-7-9-34-35(12-21-47-16-5-17-47)42(44-38(34)23-27)31-24-28(2)40-37(25-31)36(13-22-48-18-6-19-48)41(45-40)30-8-10-33-32(11-20-46-14-4-15-46)29(3)43-39(33)26-30/h7-10,23-26,43-45H,4-6,11-22H2,1-3H3. The minimum Gasteiger partial charge on any atom is -0.358 e. The normalized spacial score (nSPS) is 17.4. The summed E-state index contributed by atoms with van der Waals surface area (Å²) in [5.41, 5.74) is 17.3. The summed E-state index contributed by atoms with van der Waals surface area (Å²) in [5.74, 6) is 0. The lowest BCUT2D eigenvalue weighted by molar-refractivity contribution is 0.184. The van der Waals surface area contributed by atoms with E-state index in [1.165, 1.54) is 147 Å². The van der Waals surface area contributed by atoms with Crippen molar-refractivity contribution in [3.8, 4) is 22.5 Å². The fourth-order valence-electron chi connectivity index (χ4n) is 8.55. The highest BCUT2D eigenvalue weighted by Gasteiger charge is 2.23. The number of hydrogen-bond acceptors (Lipinski definition) is 3. The minimum absolute atomic E-state index is 1.05. The summed E-state index contributed by atoms with van der Waals surface area (Å²) in [7, 11) is 0. The fraction of sp³-hybridized carbons (Fsp3) is 0.429. The lowest BCUT2D eigenvalue weighted by Crippen LogP contribution is -2.38. The van der Waals surface area contributed by atoms with Crippen LogP contribution in [0.4, 0.5) is 0 Å². The largest absolute Gasteiger partial charge is 0.358 e. The predicted molar refractivity (Wildman–Crippen MR) is 201 cm³/mol. The third-order valence-corrected chi connectivity index (χ3v) is 11.9. The second-order valence-electron chi connectivity index (χ2n) is 15.0. The highest BCUT2D eigenvalue weighted by molar-refractivity contribution is 5.99. The summed E-state index contributed by atoms with van der Waals surface area (Å²) in [6.45, 7) is 17.6. The number of aromatic nitrogens is 3. The molecule has 3 fully saturated rings. The fourth-order valence-corrected chi connectivity index (χ4v) is 8.55. The molecule has 3 aliphatic rings. The first-order chi connectivity index (χ1) is 23.5. The van der Waals surface area contributed by atoms with E-state index in [-0.39, 0.29) is 0 Å². The molecule has 0 unspecified atom stereocenters. The Bertz CT molecular complexity index is 2130. The van der Waals surface area contributed by atoms with E-state index < -0.39 is 0 Å². The molecule has 3 N–H and O–H groups in total. The second-order valence-corrected chi connectivity index (χ2v) is 15.0. The molecule has 9 rings (SSSR count). The van der Waals surface area contributed by atoms with Crippen LogP contribution >= 0.6 is 0 Å². The molecule has 0 atom stereocenters. The maximum atomic E-state index is 3.98. The van der Waals surface area contributed by atoms with Crippen molar-refractivity contribution >= 4 is 32.7 Å². The van der Waals surface area contributed by atoms with E-state index in [9.17, 15) is 0 Å². The monoisotopic (exact) mass is 638 g/mol. The van der Waals surface area contributed by atoms with Crippen LogP contribution in [0.2, 0.25) is 0 Å². The van der Waals surface area contributed by atoms with Crippen LogP contribution in [-0.2, 0) is 19.3 Å². The summed E-state index contributed by atoms with van der Waals surface area (Å²) in [4.78, 5) is 19.4. The molecule has 48 heavy (non-hydrogen) atoms. The number of aryl methyl sites for hydroxylation is 3. The van der Waals surface area contributed by atoms with Gasteiger partial charge >= 0.3 is 0 Å². The molecule has 6 aromatic rings. The van der Waals surface area contributed by atoms with Crippen molar-refractivity contribution in [3.05, 3.63) is 82.0 Å². The number of nitrogens with one attached hydrogen (secondary N) is 3. The molecule has 3 saturated heterocycles. The first kappa shape index (κ1) is 30.2. The van der Waals surface area contributed by atoms with Gasteiger partial charge in [0.25, 0.3) is 0 Å². The van der Waals surface area contributed by atoms with E-state index in [4.69, 9.17) is 0 Å². The summed E-state index contributed by atoms with van der Waals surface area (Å²) >= 11 is 0. The van der Waals surface area contributed by atoms with Crippen LogP contribution in [0.15, 0.2) is 48.5 Å². The van der Waals surface area contributed by atoms with Crippen molar-refractivity contribution < 1.29 is 0 Å². The smallest absolute Gasteiger partial charge is 0.0498 e. The zero-order chi connectivity index (χ0) is 32.4. The molecule has 3 aromatic heterocycles. The molecule has 248 valence electrons. The zero-order valence-electron chi connectivity index (χ0n) is 29.1. The zero-order valence-corrected chi connectivity index (χ0v) is 29.1. The molecule has 0 bridgehead atoms. The minimum atomic E-state index is 1.05. The number of likely N-dealkylation sites (tertiary alicyclic amines) is 3. The molecule has 3 aromatic carbocycles. The van der Waals surface area contributed by atoms with Gasteiger partial charge in [-0.2, -0.15) is 0 Å². The van der Waals surface area contributed by atoms with E-state index in [2.05, 4.69) is 99.0 Å². The number of H-pyrrole nitrogens is 3. The molecule has 0 saturated carbocycles.